The zero-order chi connectivity index (χ0) is 16.9. The summed E-state index contributed by atoms with van der Waals surface area (Å²) in [5, 5.41) is 0. The summed E-state index contributed by atoms with van der Waals surface area (Å²) in [6.07, 6.45) is 3.52. The van der Waals surface area contributed by atoms with E-state index in [-0.39, 0.29) is 5.91 Å². The van der Waals surface area contributed by atoms with Crippen LogP contribution in [0.4, 0.5) is 0 Å². The highest BCUT2D eigenvalue weighted by Crippen LogP contribution is 2.22. The monoisotopic (exact) mass is 389 g/mol. The van der Waals surface area contributed by atoms with Crippen LogP contribution in [0.5, 0.6) is 11.6 Å². The van der Waals surface area contributed by atoms with Gasteiger partial charge in [0.15, 0.2) is 0 Å². The molecule has 0 saturated carbocycles. The molecule has 0 spiro atoms. The van der Waals surface area contributed by atoms with Crippen molar-refractivity contribution in [2.45, 2.75) is 12.8 Å². The maximum atomic E-state index is 12.5. The standard InChI is InChI=1S/C18H20BrN3O2/c19-15-2-4-16(5-3-15)24-17-6-1-14(12-21-17)18(23)22-9-7-13(11-20)8-10-22/h1-6,12-13H,7-11,20H2. The second-order valence-corrected chi connectivity index (χ2v) is 6.83. The van der Waals surface area contributed by atoms with E-state index >= 15 is 0 Å². The molecule has 0 atom stereocenters. The molecule has 0 bridgehead atoms. The molecule has 5 nitrogen and oxygen atoms in total. The van der Waals surface area contributed by atoms with Gasteiger partial charge in [0.2, 0.25) is 5.88 Å². The second kappa shape index (κ2) is 7.77. The molecule has 24 heavy (non-hydrogen) atoms. The first-order chi connectivity index (χ1) is 11.7. The van der Waals surface area contributed by atoms with Crippen LogP contribution in [0.2, 0.25) is 0 Å². The smallest absolute Gasteiger partial charge is 0.255 e. The number of ether oxygens (including phenoxy) is 1. The number of piperidine rings is 1. The molecule has 0 unspecified atom stereocenters. The van der Waals surface area contributed by atoms with Gasteiger partial charge in [0.05, 0.1) is 5.56 Å². The van der Waals surface area contributed by atoms with E-state index in [4.69, 9.17) is 10.5 Å². The number of nitrogens with zero attached hydrogens (tertiary/aromatic N) is 2. The summed E-state index contributed by atoms with van der Waals surface area (Å²) in [5.74, 6) is 1.73. The largest absolute Gasteiger partial charge is 0.439 e. The SMILES string of the molecule is NCC1CCN(C(=O)c2ccc(Oc3ccc(Br)cc3)nc2)CC1. The van der Waals surface area contributed by atoms with Crippen LogP contribution < -0.4 is 10.5 Å². The lowest BCUT2D eigenvalue weighted by Gasteiger charge is -2.31. The first kappa shape index (κ1) is 16.9. The van der Waals surface area contributed by atoms with Crippen molar-refractivity contribution in [1.82, 2.24) is 9.88 Å². The molecule has 2 aromatic rings. The molecule has 3 rings (SSSR count). The average Bonchev–Trinajstić information content (AvgIpc) is 2.64. The van der Waals surface area contributed by atoms with E-state index in [0.717, 1.165) is 30.4 Å². The zero-order valence-electron chi connectivity index (χ0n) is 13.3. The number of aromatic nitrogens is 1. The minimum atomic E-state index is 0.0214. The van der Waals surface area contributed by atoms with Crippen LogP contribution in [0.25, 0.3) is 0 Å². The lowest BCUT2D eigenvalue weighted by molar-refractivity contribution is 0.0693. The third kappa shape index (κ3) is 4.13. The van der Waals surface area contributed by atoms with E-state index in [0.29, 0.717) is 29.7 Å². The summed E-state index contributed by atoms with van der Waals surface area (Å²) in [6.45, 7) is 2.22. The summed E-state index contributed by atoms with van der Waals surface area (Å²) < 4.78 is 6.66. The third-order valence-corrected chi connectivity index (χ3v) is 4.78. The number of benzene rings is 1. The van der Waals surface area contributed by atoms with E-state index < -0.39 is 0 Å². The number of amides is 1. The minimum Gasteiger partial charge on any atom is -0.439 e. The van der Waals surface area contributed by atoms with Crippen molar-refractivity contribution in [3.8, 4) is 11.6 Å². The molecule has 1 aliphatic heterocycles. The molecule has 6 heteroatoms. The van der Waals surface area contributed by atoms with Crippen LogP contribution in [-0.4, -0.2) is 35.4 Å². The summed E-state index contributed by atoms with van der Waals surface area (Å²) in [5.41, 5.74) is 6.28. The number of likely N-dealkylation sites (tertiary alicyclic amines) is 1. The summed E-state index contributed by atoms with van der Waals surface area (Å²) in [7, 11) is 0. The topological polar surface area (TPSA) is 68.5 Å². The fraction of sp³-hybridized carbons (Fsp3) is 0.333. The highest BCUT2D eigenvalue weighted by molar-refractivity contribution is 9.10. The molecule has 2 N–H and O–H groups in total. The predicted octanol–water partition coefficient (Wildman–Crippen LogP) is 3.45. The summed E-state index contributed by atoms with van der Waals surface area (Å²) in [4.78, 5) is 18.6. The van der Waals surface area contributed by atoms with E-state index in [1.807, 2.05) is 29.2 Å². The maximum absolute atomic E-state index is 12.5. The van der Waals surface area contributed by atoms with Crippen molar-refractivity contribution in [3.63, 3.8) is 0 Å². The Hall–Kier alpha value is -1.92. The van der Waals surface area contributed by atoms with Gasteiger partial charge in [-0.1, -0.05) is 15.9 Å². The highest BCUT2D eigenvalue weighted by Gasteiger charge is 2.23. The van der Waals surface area contributed by atoms with Crippen LogP contribution in [0, 0.1) is 5.92 Å². The molecular formula is C18H20BrN3O2. The van der Waals surface area contributed by atoms with Crippen LogP contribution in [0.3, 0.4) is 0 Å². The number of carbonyl (C=O) groups excluding carboxylic acids is 1. The quantitative estimate of drug-likeness (QED) is 0.869. The Morgan fingerprint density at radius 2 is 1.92 bits per heavy atom. The van der Waals surface area contributed by atoms with Crippen molar-refractivity contribution in [2.24, 2.45) is 11.7 Å². The molecule has 126 valence electrons. The normalized spacial score (nSPS) is 15.3. The van der Waals surface area contributed by atoms with Crippen LogP contribution >= 0.6 is 15.9 Å². The van der Waals surface area contributed by atoms with E-state index in [1.54, 1.807) is 18.3 Å². The Kier molecular flexibility index (Phi) is 5.48. The molecule has 0 aliphatic carbocycles. The molecule has 1 aromatic carbocycles. The van der Waals surface area contributed by atoms with Crippen molar-refractivity contribution in [3.05, 3.63) is 52.6 Å². The van der Waals surface area contributed by atoms with Gasteiger partial charge in [-0.3, -0.25) is 4.79 Å². The predicted molar refractivity (Wildman–Crippen MR) is 96.1 cm³/mol. The fourth-order valence-corrected chi connectivity index (χ4v) is 3.01. The lowest BCUT2D eigenvalue weighted by Crippen LogP contribution is -2.40. The molecular weight excluding hydrogens is 370 g/mol. The molecule has 1 saturated heterocycles. The van der Waals surface area contributed by atoms with E-state index in [1.165, 1.54) is 0 Å². The summed E-state index contributed by atoms with van der Waals surface area (Å²) in [6, 6.07) is 11.0. The van der Waals surface area contributed by atoms with Crippen molar-refractivity contribution < 1.29 is 9.53 Å². The number of nitrogens with two attached hydrogens (primary N) is 1. The van der Waals surface area contributed by atoms with Crippen LogP contribution in [0.15, 0.2) is 47.1 Å². The van der Waals surface area contributed by atoms with Crippen molar-refractivity contribution in [2.75, 3.05) is 19.6 Å². The number of carbonyl (C=O) groups is 1. The molecule has 1 amide bonds. The molecule has 1 fully saturated rings. The van der Waals surface area contributed by atoms with Gasteiger partial charge in [-0.2, -0.15) is 0 Å². The molecule has 1 aliphatic rings. The maximum Gasteiger partial charge on any atom is 0.255 e. The lowest BCUT2D eigenvalue weighted by atomic mass is 9.97. The number of halogens is 1. The van der Waals surface area contributed by atoms with Gasteiger partial charge in [0.1, 0.15) is 5.75 Å². The summed E-state index contributed by atoms with van der Waals surface area (Å²) >= 11 is 3.38. The van der Waals surface area contributed by atoms with Gasteiger partial charge in [-0.15, -0.1) is 0 Å². The zero-order valence-corrected chi connectivity index (χ0v) is 14.9. The van der Waals surface area contributed by atoms with Gasteiger partial charge in [-0.05, 0) is 55.6 Å². The fourth-order valence-electron chi connectivity index (χ4n) is 2.74. The Balaban J connectivity index is 1.61. The Bertz CT molecular complexity index is 680. The van der Waals surface area contributed by atoms with Gasteiger partial charge < -0.3 is 15.4 Å². The van der Waals surface area contributed by atoms with Gasteiger partial charge >= 0.3 is 0 Å². The van der Waals surface area contributed by atoms with Crippen LogP contribution in [0.1, 0.15) is 23.2 Å². The molecule has 1 aromatic heterocycles. The third-order valence-electron chi connectivity index (χ3n) is 4.25. The molecule has 2 heterocycles. The van der Waals surface area contributed by atoms with Gasteiger partial charge in [0, 0.05) is 29.8 Å². The highest BCUT2D eigenvalue weighted by atomic mass is 79.9. The number of hydrogen-bond acceptors (Lipinski definition) is 4. The Morgan fingerprint density at radius 3 is 2.50 bits per heavy atom. The first-order valence-corrected chi connectivity index (χ1v) is 8.84. The second-order valence-electron chi connectivity index (χ2n) is 5.91. The van der Waals surface area contributed by atoms with E-state index in [2.05, 4.69) is 20.9 Å². The van der Waals surface area contributed by atoms with Gasteiger partial charge in [-0.25, -0.2) is 4.98 Å². The number of rotatable bonds is 4. The van der Waals surface area contributed by atoms with E-state index in [9.17, 15) is 4.79 Å². The van der Waals surface area contributed by atoms with Crippen molar-refractivity contribution in [1.29, 1.82) is 0 Å². The number of hydrogen-bond donors (Lipinski definition) is 1. The average molecular weight is 390 g/mol. The first-order valence-electron chi connectivity index (χ1n) is 8.04. The Morgan fingerprint density at radius 1 is 1.21 bits per heavy atom. The Labute approximate surface area is 149 Å². The van der Waals surface area contributed by atoms with Crippen LogP contribution in [-0.2, 0) is 0 Å². The number of pyridine rings is 1. The minimum absolute atomic E-state index is 0.0214. The van der Waals surface area contributed by atoms with Crippen molar-refractivity contribution >= 4 is 21.8 Å². The van der Waals surface area contributed by atoms with Gasteiger partial charge in [0.25, 0.3) is 5.91 Å². The molecule has 0 radical (unpaired) electrons.